The average Bonchev–Trinajstić information content (AvgIpc) is 3.32. The standard InChI is InChI=1S/C21H20N2O4.C8H11N.C5H10.C4H7Cl/c1-14-4-6-16(7-5-14)23(13-25)21(26)11-18-15(2)22(12-24)20-9-8-17(27-3)10-19(18)20;1-7-3-5-8(9-2)6-4-7;1-4-5(2)3;1-3-4(2)5/h4-10,12-13H,11H2,1-3H3;3-6,9H,1-2H3;2,4H2,1,3H3;3H,1-2H3/b;;;4-3+. The summed E-state index contributed by atoms with van der Waals surface area (Å²) in [5, 5.41) is 4.66. The van der Waals surface area contributed by atoms with E-state index in [0.717, 1.165) is 33.7 Å². The van der Waals surface area contributed by atoms with Gasteiger partial charge in [-0.25, -0.2) is 0 Å². The molecule has 8 heteroatoms. The Balaban J connectivity index is 0.000000452. The van der Waals surface area contributed by atoms with Crippen LogP contribution in [0.3, 0.4) is 0 Å². The van der Waals surface area contributed by atoms with Gasteiger partial charge in [-0.2, -0.15) is 0 Å². The number of ether oxygens (including phenoxy) is 1. The molecule has 0 radical (unpaired) electrons. The molecule has 0 bridgehead atoms. The first-order valence-corrected chi connectivity index (χ1v) is 15.4. The number of benzene rings is 3. The number of aromatic nitrogens is 1. The molecule has 7 nitrogen and oxygen atoms in total. The number of methoxy groups -OCH3 is 1. The Kier molecular flexibility index (Phi) is 17.5. The van der Waals surface area contributed by atoms with Crippen molar-refractivity contribution in [1.29, 1.82) is 0 Å². The van der Waals surface area contributed by atoms with Crippen LogP contribution in [0.2, 0.25) is 0 Å². The number of imide groups is 1. The fourth-order valence-electron chi connectivity index (χ4n) is 3.90. The normalized spacial score (nSPS) is 10.2. The number of anilines is 2. The maximum Gasteiger partial charge on any atom is 0.238 e. The predicted molar refractivity (Wildman–Crippen MR) is 195 cm³/mol. The summed E-state index contributed by atoms with van der Waals surface area (Å²) < 4.78 is 6.76. The fourth-order valence-corrected chi connectivity index (χ4v) is 3.90. The highest BCUT2D eigenvalue weighted by atomic mass is 35.5. The number of carbonyl (C=O) groups is 3. The molecule has 0 fully saturated rings. The summed E-state index contributed by atoms with van der Waals surface area (Å²) in [5.41, 5.74) is 7.32. The molecule has 0 aliphatic heterocycles. The van der Waals surface area contributed by atoms with E-state index in [9.17, 15) is 14.4 Å². The van der Waals surface area contributed by atoms with Crippen molar-refractivity contribution in [3.8, 4) is 5.75 Å². The molecular weight excluding hydrogens is 598 g/mol. The predicted octanol–water partition coefficient (Wildman–Crippen LogP) is 9.20. The molecule has 0 aliphatic carbocycles. The summed E-state index contributed by atoms with van der Waals surface area (Å²) in [6.45, 7) is 17.3. The van der Waals surface area contributed by atoms with Crippen LogP contribution in [0.1, 0.15) is 56.5 Å². The van der Waals surface area contributed by atoms with Crippen LogP contribution in [0.5, 0.6) is 5.75 Å². The van der Waals surface area contributed by atoms with Crippen LogP contribution in [0.4, 0.5) is 11.4 Å². The van der Waals surface area contributed by atoms with Gasteiger partial charge < -0.3 is 10.1 Å². The van der Waals surface area contributed by atoms with Crippen LogP contribution in [0.15, 0.2) is 90.0 Å². The monoisotopic (exact) mass is 645 g/mol. The second-order valence-electron chi connectivity index (χ2n) is 10.6. The van der Waals surface area contributed by atoms with Crippen molar-refractivity contribution in [2.45, 2.75) is 61.3 Å². The van der Waals surface area contributed by atoms with Crippen LogP contribution in [-0.2, 0) is 20.8 Å². The Morgan fingerprint density at radius 3 is 1.91 bits per heavy atom. The van der Waals surface area contributed by atoms with Gasteiger partial charge in [0, 0.05) is 28.8 Å². The number of hydrogen-bond acceptors (Lipinski definition) is 5. The minimum atomic E-state index is -0.371. The Hall–Kier alpha value is -4.62. The second-order valence-corrected chi connectivity index (χ2v) is 11.2. The van der Waals surface area contributed by atoms with E-state index in [-0.39, 0.29) is 12.3 Å². The van der Waals surface area contributed by atoms with Crippen LogP contribution in [-0.4, -0.2) is 37.5 Å². The summed E-state index contributed by atoms with van der Waals surface area (Å²) in [7, 11) is 3.48. The minimum absolute atomic E-state index is 0.0110. The van der Waals surface area contributed by atoms with Gasteiger partial charge in [-0.3, -0.25) is 23.9 Å². The van der Waals surface area contributed by atoms with Gasteiger partial charge in [0.05, 0.1) is 24.7 Å². The van der Waals surface area contributed by atoms with Crippen molar-refractivity contribution in [2.75, 3.05) is 24.4 Å². The lowest BCUT2D eigenvalue weighted by Gasteiger charge is -2.16. The van der Waals surface area contributed by atoms with E-state index in [1.165, 1.54) is 21.4 Å². The van der Waals surface area contributed by atoms with E-state index < -0.39 is 0 Å². The molecule has 0 saturated carbocycles. The van der Waals surface area contributed by atoms with Crippen molar-refractivity contribution >= 4 is 52.6 Å². The number of rotatable bonds is 8. The summed E-state index contributed by atoms with van der Waals surface area (Å²) >= 11 is 5.32. The van der Waals surface area contributed by atoms with Crippen LogP contribution in [0.25, 0.3) is 10.9 Å². The molecule has 4 aromatic rings. The van der Waals surface area contributed by atoms with Gasteiger partial charge in [-0.05, 0) is 96.0 Å². The lowest BCUT2D eigenvalue weighted by Crippen LogP contribution is -2.31. The molecule has 0 aliphatic rings. The quantitative estimate of drug-likeness (QED) is 0.153. The lowest BCUT2D eigenvalue weighted by molar-refractivity contribution is -0.121. The number of aryl methyl sites for hydroxylation is 2. The number of carbonyl (C=O) groups excluding carboxylic acids is 3. The molecule has 1 N–H and O–H groups in total. The van der Waals surface area contributed by atoms with E-state index in [0.29, 0.717) is 34.6 Å². The molecule has 0 saturated heterocycles. The molecular formula is C38H48ClN3O4. The maximum atomic E-state index is 12.8. The van der Waals surface area contributed by atoms with Crippen molar-refractivity contribution in [3.63, 3.8) is 0 Å². The van der Waals surface area contributed by atoms with Gasteiger partial charge >= 0.3 is 0 Å². The second kappa shape index (κ2) is 20.4. The first kappa shape index (κ1) is 39.4. The third-order valence-electron chi connectivity index (χ3n) is 7.05. The maximum absolute atomic E-state index is 12.8. The SMILES string of the molecule is C/C=C(\C)Cl.C=C(C)CC.CNc1ccc(C)cc1.COc1ccc2c(c1)c(CC(=O)N(C=O)c1ccc(C)cc1)c(C)n2C=O. The molecule has 3 aromatic carbocycles. The zero-order valence-corrected chi connectivity index (χ0v) is 29.4. The van der Waals surface area contributed by atoms with E-state index in [1.54, 1.807) is 44.4 Å². The largest absolute Gasteiger partial charge is 0.497 e. The number of nitrogens with zero attached hydrogens (tertiary/aromatic N) is 2. The van der Waals surface area contributed by atoms with Crippen LogP contribution < -0.4 is 15.0 Å². The Morgan fingerprint density at radius 2 is 1.50 bits per heavy atom. The van der Waals surface area contributed by atoms with Crippen molar-refractivity contribution in [3.05, 3.63) is 112 Å². The lowest BCUT2D eigenvalue weighted by atomic mass is 10.1. The minimum Gasteiger partial charge on any atom is -0.497 e. The van der Waals surface area contributed by atoms with E-state index in [4.69, 9.17) is 16.3 Å². The highest BCUT2D eigenvalue weighted by Gasteiger charge is 2.21. The Bertz CT molecular complexity index is 1600. The van der Waals surface area contributed by atoms with Gasteiger partial charge in [-0.1, -0.05) is 65.6 Å². The zero-order chi connectivity index (χ0) is 34.8. The molecule has 0 atom stereocenters. The molecule has 1 heterocycles. The first-order valence-electron chi connectivity index (χ1n) is 15.0. The van der Waals surface area contributed by atoms with Crippen molar-refractivity contribution in [1.82, 2.24) is 4.57 Å². The summed E-state index contributed by atoms with van der Waals surface area (Å²) in [6, 6.07) is 20.8. The Labute approximate surface area is 279 Å². The van der Waals surface area contributed by atoms with Gasteiger partial charge in [0.2, 0.25) is 18.7 Å². The summed E-state index contributed by atoms with van der Waals surface area (Å²) in [6.07, 6.45) is 4.18. The molecule has 4 rings (SSSR count). The Morgan fingerprint density at radius 1 is 0.978 bits per heavy atom. The van der Waals surface area contributed by atoms with Crippen molar-refractivity contribution in [2.24, 2.45) is 0 Å². The highest BCUT2D eigenvalue weighted by Crippen LogP contribution is 2.30. The molecule has 0 unspecified atom stereocenters. The highest BCUT2D eigenvalue weighted by molar-refractivity contribution is 6.29. The summed E-state index contributed by atoms with van der Waals surface area (Å²) in [5.74, 6) is 0.259. The van der Waals surface area contributed by atoms with E-state index >= 15 is 0 Å². The average molecular weight is 646 g/mol. The van der Waals surface area contributed by atoms with Crippen LogP contribution >= 0.6 is 11.6 Å². The smallest absolute Gasteiger partial charge is 0.238 e. The van der Waals surface area contributed by atoms with Gasteiger partial charge in [0.1, 0.15) is 5.75 Å². The number of nitrogens with one attached hydrogen (secondary N) is 1. The summed E-state index contributed by atoms with van der Waals surface area (Å²) in [4.78, 5) is 37.0. The third kappa shape index (κ3) is 12.4. The number of allylic oxidation sites excluding steroid dienone is 3. The zero-order valence-electron chi connectivity index (χ0n) is 28.6. The van der Waals surface area contributed by atoms with Crippen molar-refractivity contribution < 1.29 is 19.1 Å². The number of amides is 2. The molecule has 0 spiro atoms. The van der Waals surface area contributed by atoms with Crippen LogP contribution in [0, 0.1) is 20.8 Å². The number of fused-ring (bicyclic) bond motifs is 1. The topological polar surface area (TPSA) is 80.6 Å². The molecule has 246 valence electrons. The third-order valence-corrected chi connectivity index (χ3v) is 7.27. The van der Waals surface area contributed by atoms with Gasteiger partial charge in [0.25, 0.3) is 0 Å². The first-order chi connectivity index (χ1) is 21.9. The number of halogens is 1. The van der Waals surface area contributed by atoms with E-state index in [1.807, 2.05) is 53.0 Å². The fraction of sp³-hybridized carbons (Fsp3) is 0.289. The molecule has 46 heavy (non-hydrogen) atoms. The molecule has 1 aromatic heterocycles. The van der Waals surface area contributed by atoms with Gasteiger partial charge in [0.15, 0.2) is 0 Å². The number of hydrogen-bond donors (Lipinski definition) is 1. The van der Waals surface area contributed by atoms with Gasteiger partial charge in [-0.15, -0.1) is 6.58 Å². The molecule has 2 amide bonds. The van der Waals surface area contributed by atoms with E-state index in [2.05, 4.69) is 50.0 Å².